The molecule has 3 nitrogen and oxygen atoms in total. The third-order valence-corrected chi connectivity index (χ3v) is 1.77. The molecule has 0 aliphatic heterocycles. The number of hydrogen-bond donors (Lipinski definition) is 0. The molecule has 2 rings (SSSR count). The van der Waals surface area contributed by atoms with E-state index in [0.29, 0.717) is 0 Å². The average molecular weight is 180 g/mol. The van der Waals surface area contributed by atoms with E-state index < -0.39 is 0 Å². The summed E-state index contributed by atoms with van der Waals surface area (Å²) >= 11 is 5.73. The van der Waals surface area contributed by atoms with Crippen molar-refractivity contribution in [3.63, 3.8) is 0 Å². The standard InChI is InChI=1S/C8H6ClN3/c9-7-1-3-8(4-2-7)12-6-5-10-11-12/h1-6H. The largest absolute Gasteiger partial charge is 0.221 e. The van der Waals surface area contributed by atoms with Gasteiger partial charge in [0.1, 0.15) is 0 Å². The third-order valence-electron chi connectivity index (χ3n) is 1.51. The Balaban J connectivity index is 2.43. The van der Waals surface area contributed by atoms with E-state index in [1.807, 2.05) is 24.3 Å². The van der Waals surface area contributed by atoms with Crippen molar-refractivity contribution in [2.75, 3.05) is 0 Å². The Labute approximate surface area is 74.6 Å². The van der Waals surface area contributed by atoms with E-state index in [9.17, 15) is 0 Å². The molecule has 0 amide bonds. The fourth-order valence-electron chi connectivity index (χ4n) is 0.940. The minimum absolute atomic E-state index is 0.721. The summed E-state index contributed by atoms with van der Waals surface area (Å²) in [5, 5.41) is 8.26. The van der Waals surface area contributed by atoms with Crippen molar-refractivity contribution >= 4 is 11.6 Å². The molecule has 60 valence electrons. The van der Waals surface area contributed by atoms with Crippen LogP contribution < -0.4 is 0 Å². The zero-order chi connectivity index (χ0) is 8.39. The van der Waals surface area contributed by atoms with E-state index in [1.165, 1.54) is 0 Å². The zero-order valence-electron chi connectivity index (χ0n) is 6.18. The molecule has 0 unspecified atom stereocenters. The van der Waals surface area contributed by atoms with Crippen molar-refractivity contribution in [2.45, 2.75) is 0 Å². The molecule has 0 aliphatic carbocycles. The Morgan fingerprint density at radius 3 is 2.50 bits per heavy atom. The van der Waals surface area contributed by atoms with E-state index in [4.69, 9.17) is 11.6 Å². The SMILES string of the molecule is Clc1ccc(-n2ccnn2)cc1. The lowest BCUT2D eigenvalue weighted by Gasteiger charge is -1.98. The molecular weight excluding hydrogens is 174 g/mol. The Morgan fingerprint density at radius 1 is 1.17 bits per heavy atom. The predicted molar refractivity (Wildman–Crippen MR) is 46.4 cm³/mol. The first-order valence-corrected chi connectivity index (χ1v) is 3.86. The lowest BCUT2D eigenvalue weighted by molar-refractivity contribution is 0.803. The molecule has 0 fully saturated rings. The molecule has 12 heavy (non-hydrogen) atoms. The van der Waals surface area contributed by atoms with Gasteiger partial charge < -0.3 is 0 Å². The van der Waals surface area contributed by atoms with E-state index in [2.05, 4.69) is 10.3 Å². The average Bonchev–Trinajstić information content (AvgIpc) is 2.58. The molecule has 1 aromatic carbocycles. The molecule has 1 heterocycles. The molecule has 2 aromatic rings. The van der Waals surface area contributed by atoms with Crippen LogP contribution in [-0.4, -0.2) is 15.0 Å². The highest BCUT2D eigenvalue weighted by Gasteiger charge is 1.94. The second kappa shape index (κ2) is 2.95. The van der Waals surface area contributed by atoms with Crippen LogP contribution in [0.3, 0.4) is 0 Å². The van der Waals surface area contributed by atoms with Gasteiger partial charge in [-0.15, -0.1) is 5.10 Å². The molecule has 4 heteroatoms. The summed E-state index contributed by atoms with van der Waals surface area (Å²) in [6.45, 7) is 0. The number of halogens is 1. The normalized spacial score (nSPS) is 10.1. The van der Waals surface area contributed by atoms with Gasteiger partial charge in [-0.1, -0.05) is 16.8 Å². The summed E-state index contributed by atoms with van der Waals surface area (Å²) < 4.78 is 1.68. The van der Waals surface area contributed by atoms with Crippen LogP contribution >= 0.6 is 11.6 Å². The van der Waals surface area contributed by atoms with Gasteiger partial charge >= 0.3 is 0 Å². The molecule has 0 radical (unpaired) electrons. The molecule has 0 atom stereocenters. The van der Waals surface area contributed by atoms with Gasteiger partial charge in [0.15, 0.2) is 0 Å². The highest BCUT2D eigenvalue weighted by Crippen LogP contribution is 2.11. The number of nitrogens with zero attached hydrogens (tertiary/aromatic N) is 3. The number of benzene rings is 1. The van der Waals surface area contributed by atoms with Crippen molar-refractivity contribution in [1.29, 1.82) is 0 Å². The fourth-order valence-corrected chi connectivity index (χ4v) is 1.07. The van der Waals surface area contributed by atoms with Crippen molar-refractivity contribution in [3.05, 3.63) is 41.7 Å². The van der Waals surface area contributed by atoms with Crippen LogP contribution in [0.15, 0.2) is 36.7 Å². The lowest BCUT2D eigenvalue weighted by Crippen LogP contribution is -1.93. The number of rotatable bonds is 1. The van der Waals surface area contributed by atoms with Gasteiger partial charge in [0, 0.05) is 5.02 Å². The van der Waals surface area contributed by atoms with Crippen LogP contribution in [-0.2, 0) is 0 Å². The highest BCUT2D eigenvalue weighted by atomic mass is 35.5. The first-order chi connectivity index (χ1) is 5.86. The maximum atomic E-state index is 5.73. The molecule has 0 saturated heterocycles. The van der Waals surface area contributed by atoms with Crippen molar-refractivity contribution in [2.24, 2.45) is 0 Å². The maximum absolute atomic E-state index is 5.73. The van der Waals surface area contributed by atoms with Crippen LogP contribution in [0, 0.1) is 0 Å². The van der Waals surface area contributed by atoms with E-state index in [0.717, 1.165) is 10.7 Å². The molecule has 0 bridgehead atoms. The van der Waals surface area contributed by atoms with Crippen LogP contribution in [0.4, 0.5) is 0 Å². The minimum atomic E-state index is 0.721. The molecule has 1 aromatic heterocycles. The lowest BCUT2D eigenvalue weighted by atomic mass is 10.3. The molecule has 0 spiro atoms. The minimum Gasteiger partial charge on any atom is -0.221 e. The molecule has 0 N–H and O–H groups in total. The number of aromatic nitrogens is 3. The van der Waals surface area contributed by atoms with Crippen molar-refractivity contribution < 1.29 is 0 Å². The highest BCUT2D eigenvalue weighted by molar-refractivity contribution is 6.30. The summed E-state index contributed by atoms with van der Waals surface area (Å²) in [4.78, 5) is 0. The van der Waals surface area contributed by atoms with E-state index in [1.54, 1.807) is 17.1 Å². The van der Waals surface area contributed by atoms with Crippen LogP contribution in [0.2, 0.25) is 5.02 Å². The summed E-state index contributed by atoms with van der Waals surface area (Å²) in [5.74, 6) is 0. The van der Waals surface area contributed by atoms with Gasteiger partial charge in [0.25, 0.3) is 0 Å². The van der Waals surface area contributed by atoms with Crippen molar-refractivity contribution in [3.8, 4) is 5.69 Å². The number of hydrogen-bond acceptors (Lipinski definition) is 2. The van der Waals surface area contributed by atoms with Gasteiger partial charge in [-0.05, 0) is 24.3 Å². The zero-order valence-corrected chi connectivity index (χ0v) is 6.94. The van der Waals surface area contributed by atoms with Gasteiger partial charge in [-0.3, -0.25) is 0 Å². The quantitative estimate of drug-likeness (QED) is 0.670. The van der Waals surface area contributed by atoms with Crippen molar-refractivity contribution in [1.82, 2.24) is 15.0 Å². The van der Waals surface area contributed by atoms with Crippen LogP contribution in [0.1, 0.15) is 0 Å². The predicted octanol–water partition coefficient (Wildman–Crippen LogP) is 1.92. The smallest absolute Gasteiger partial charge is 0.0697 e. The summed E-state index contributed by atoms with van der Waals surface area (Å²) in [5.41, 5.74) is 0.955. The Morgan fingerprint density at radius 2 is 1.92 bits per heavy atom. The second-order valence-corrected chi connectivity index (χ2v) is 2.76. The van der Waals surface area contributed by atoms with Crippen LogP contribution in [0.5, 0.6) is 0 Å². The topological polar surface area (TPSA) is 30.7 Å². The van der Waals surface area contributed by atoms with E-state index in [-0.39, 0.29) is 0 Å². The van der Waals surface area contributed by atoms with Gasteiger partial charge in [-0.25, -0.2) is 4.68 Å². The first kappa shape index (κ1) is 7.31. The monoisotopic (exact) mass is 179 g/mol. The maximum Gasteiger partial charge on any atom is 0.0697 e. The van der Waals surface area contributed by atoms with E-state index >= 15 is 0 Å². The summed E-state index contributed by atoms with van der Waals surface area (Å²) in [7, 11) is 0. The summed E-state index contributed by atoms with van der Waals surface area (Å²) in [6, 6.07) is 7.41. The first-order valence-electron chi connectivity index (χ1n) is 3.48. The molecule has 0 saturated carbocycles. The van der Waals surface area contributed by atoms with Gasteiger partial charge in [0.2, 0.25) is 0 Å². The summed E-state index contributed by atoms with van der Waals surface area (Å²) in [6.07, 6.45) is 3.41. The molecular formula is C8H6ClN3. The Kier molecular flexibility index (Phi) is 1.80. The third kappa shape index (κ3) is 1.31. The van der Waals surface area contributed by atoms with Gasteiger partial charge in [-0.2, -0.15) is 0 Å². The second-order valence-electron chi connectivity index (χ2n) is 2.32. The van der Waals surface area contributed by atoms with Crippen LogP contribution in [0.25, 0.3) is 5.69 Å². The molecule has 0 aliphatic rings. The Bertz CT molecular complexity index is 352. The van der Waals surface area contributed by atoms with Gasteiger partial charge in [0.05, 0.1) is 18.1 Å². The Hall–Kier alpha value is -1.35. The fraction of sp³-hybridized carbons (Fsp3) is 0.